The van der Waals surface area contributed by atoms with Crippen molar-refractivity contribution in [1.29, 1.82) is 0 Å². The molecule has 0 aliphatic heterocycles. The number of carbonyl (C=O) groups is 1. The Labute approximate surface area is 78.9 Å². The monoisotopic (exact) mass is 212 g/mol. The molecule has 0 aliphatic carbocycles. The number of nitrogens with one attached hydrogen (secondary N) is 1. The number of hydrazine groups is 1. The van der Waals surface area contributed by atoms with E-state index in [1.165, 1.54) is 11.3 Å². The highest BCUT2D eigenvalue weighted by molar-refractivity contribution is 7.17. The molecule has 6 heteroatoms. The average molecular weight is 213 g/mol. The number of halogens is 2. The minimum absolute atomic E-state index is 0. The second-order valence-electron chi connectivity index (χ2n) is 1.58. The molecule has 1 amide bonds. The lowest BCUT2D eigenvalue weighted by atomic mass is 10.5. The van der Waals surface area contributed by atoms with Crippen LogP contribution < -0.4 is 11.3 Å². The van der Waals surface area contributed by atoms with E-state index in [-0.39, 0.29) is 18.3 Å². The number of nitrogen functional groups attached to an aromatic ring is 1. The Kier molecular flexibility index (Phi) is 4.44. The molecule has 0 spiro atoms. The maximum absolute atomic E-state index is 10.7. The van der Waals surface area contributed by atoms with Gasteiger partial charge in [0.05, 0.1) is 9.21 Å². The van der Waals surface area contributed by atoms with Crippen LogP contribution in [-0.4, -0.2) is 5.91 Å². The summed E-state index contributed by atoms with van der Waals surface area (Å²) in [5.74, 6) is 4.57. The van der Waals surface area contributed by atoms with E-state index in [1.807, 2.05) is 5.43 Å². The minimum Gasteiger partial charge on any atom is -0.289 e. The third kappa shape index (κ3) is 2.67. The molecular weight excluding hydrogens is 207 g/mol. The lowest BCUT2D eigenvalue weighted by Crippen LogP contribution is -2.29. The Morgan fingerprint density at radius 1 is 1.64 bits per heavy atom. The highest BCUT2D eigenvalue weighted by Crippen LogP contribution is 2.20. The van der Waals surface area contributed by atoms with Crippen molar-refractivity contribution in [3.05, 3.63) is 21.3 Å². The van der Waals surface area contributed by atoms with E-state index in [0.717, 1.165) is 0 Å². The zero-order valence-corrected chi connectivity index (χ0v) is 7.72. The van der Waals surface area contributed by atoms with Crippen LogP contribution >= 0.6 is 35.3 Å². The van der Waals surface area contributed by atoms with Crippen LogP contribution in [0.3, 0.4) is 0 Å². The van der Waals surface area contributed by atoms with Crippen LogP contribution in [0.2, 0.25) is 4.34 Å². The summed E-state index contributed by atoms with van der Waals surface area (Å²) in [6.45, 7) is 0. The Balaban J connectivity index is 0.000001000. The van der Waals surface area contributed by atoms with Gasteiger partial charge < -0.3 is 0 Å². The normalized spacial score (nSPS) is 8.55. The molecule has 1 heterocycles. The average Bonchev–Trinajstić information content (AvgIpc) is 2.34. The number of amides is 1. The van der Waals surface area contributed by atoms with E-state index in [4.69, 9.17) is 17.4 Å². The number of rotatable bonds is 1. The fourth-order valence-corrected chi connectivity index (χ4v) is 1.45. The van der Waals surface area contributed by atoms with Gasteiger partial charge in [-0.2, -0.15) is 0 Å². The topological polar surface area (TPSA) is 55.1 Å². The first-order chi connectivity index (χ1) is 4.74. The van der Waals surface area contributed by atoms with Crippen molar-refractivity contribution >= 4 is 41.3 Å². The fourth-order valence-electron chi connectivity index (χ4n) is 0.507. The van der Waals surface area contributed by atoms with Gasteiger partial charge in [-0.1, -0.05) is 11.6 Å². The minimum atomic E-state index is -0.308. The van der Waals surface area contributed by atoms with Crippen molar-refractivity contribution in [2.45, 2.75) is 0 Å². The molecule has 3 N–H and O–H groups in total. The molecule has 11 heavy (non-hydrogen) atoms. The van der Waals surface area contributed by atoms with Crippen LogP contribution in [-0.2, 0) is 0 Å². The molecule has 0 atom stereocenters. The molecule has 3 nitrogen and oxygen atoms in total. The van der Waals surface area contributed by atoms with Crippen molar-refractivity contribution in [2.75, 3.05) is 0 Å². The molecule has 0 fully saturated rings. The summed E-state index contributed by atoms with van der Waals surface area (Å²) in [4.78, 5) is 11.3. The summed E-state index contributed by atoms with van der Waals surface area (Å²) in [5.41, 5.74) is 2.01. The number of thiophene rings is 1. The van der Waals surface area contributed by atoms with Gasteiger partial charge in [0, 0.05) is 0 Å². The summed E-state index contributed by atoms with van der Waals surface area (Å²) in [5, 5.41) is 0. The van der Waals surface area contributed by atoms with Gasteiger partial charge in [-0.25, -0.2) is 5.84 Å². The number of nitrogens with two attached hydrogens (primary N) is 1. The van der Waals surface area contributed by atoms with Crippen LogP contribution in [0.4, 0.5) is 0 Å². The Bertz CT molecular complexity index is 250. The van der Waals surface area contributed by atoms with Crippen LogP contribution in [0.5, 0.6) is 0 Å². The molecule has 1 aromatic rings. The van der Waals surface area contributed by atoms with E-state index in [9.17, 15) is 4.79 Å². The fraction of sp³-hybridized carbons (Fsp3) is 0. The molecule has 1 rings (SSSR count). The van der Waals surface area contributed by atoms with E-state index < -0.39 is 0 Å². The predicted molar refractivity (Wildman–Crippen MR) is 48.2 cm³/mol. The van der Waals surface area contributed by atoms with Crippen LogP contribution in [0.1, 0.15) is 9.67 Å². The van der Waals surface area contributed by atoms with E-state index in [0.29, 0.717) is 9.21 Å². The van der Waals surface area contributed by atoms with Gasteiger partial charge in [-0.15, -0.1) is 23.7 Å². The van der Waals surface area contributed by atoms with Crippen LogP contribution in [0, 0.1) is 0 Å². The molecule has 1 aromatic heterocycles. The van der Waals surface area contributed by atoms with Gasteiger partial charge in [-0.3, -0.25) is 10.2 Å². The van der Waals surface area contributed by atoms with Gasteiger partial charge in [0.25, 0.3) is 5.91 Å². The first kappa shape index (κ1) is 10.7. The molecule has 0 unspecified atom stereocenters. The highest BCUT2D eigenvalue weighted by atomic mass is 35.5. The third-order valence-corrected chi connectivity index (χ3v) is 2.16. The molecule has 0 aliphatic rings. The summed E-state index contributed by atoms with van der Waals surface area (Å²) >= 11 is 6.75. The molecule has 62 valence electrons. The van der Waals surface area contributed by atoms with Crippen LogP contribution in [0.25, 0.3) is 0 Å². The van der Waals surface area contributed by atoms with Crippen molar-refractivity contribution < 1.29 is 4.79 Å². The first-order valence-electron chi connectivity index (χ1n) is 2.50. The lowest BCUT2D eigenvalue weighted by molar-refractivity contribution is 0.0957. The molecular formula is C5H6Cl2N2OS. The molecule has 0 radical (unpaired) electrons. The van der Waals surface area contributed by atoms with E-state index in [1.54, 1.807) is 12.1 Å². The van der Waals surface area contributed by atoms with Crippen LogP contribution in [0.15, 0.2) is 12.1 Å². The van der Waals surface area contributed by atoms with Gasteiger partial charge >= 0.3 is 0 Å². The first-order valence-corrected chi connectivity index (χ1v) is 3.70. The Morgan fingerprint density at radius 2 is 2.27 bits per heavy atom. The number of hydrogen-bond donors (Lipinski definition) is 2. The standard InChI is InChI=1S/C5H5ClN2OS.ClH/c6-4-2-1-3(10-4)5(9)8-7;/h1-2H,7H2,(H,8,9);1H. The molecule has 0 aromatic carbocycles. The Hall–Kier alpha value is -0.290. The largest absolute Gasteiger partial charge is 0.289 e. The predicted octanol–water partition coefficient (Wildman–Crippen LogP) is 1.43. The Morgan fingerprint density at radius 3 is 2.64 bits per heavy atom. The van der Waals surface area contributed by atoms with Gasteiger partial charge in [-0.05, 0) is 12.1 Å². The summed E-state index contributed by atoms with van der Waals surface area (Å²) in [6, 6.07) is 3.27. The zero-order chi connectivity index (χ0) is 7.56. The van der Waals surface area contributed by atoms with Gasteiger partial charge in [0.2, 0.25) is 0 Å². The van der Waals surface area contributed by atoms with Gasteiger partial charge in [0.15, 0.2) is 0 Å². The van der Waals surface area contributed by atoms with Crippen molar-refractivity contribution in [2.24, 2.45) is 5.84 Å². The van der Waals surface area contributed by atoms with E-state index in [2.05, 4.69) is 0 Å². The lowest BCUT2D eigenvalue weighted by Gasteiger charge is -1.90. The highest BCUT2D eigenvalue weighted by Gasteiger charge is 2.04. The zero-order valence-electron chi connectivity index (χ0n) is 5.33. The maximum Gasteiger partial charge on any atom is 0.275 e. The quantitative estimate of drug-likeness (QED) is 0.421. The van der Waals surface area contributed by atoms with Crippen molar-refractivity contribution in [3.8, 4) is 0 Å². The van der Waals surface area contributed by atoms with E-state index >= 15 is 0 Å². The van der Waals surface area contributed by atoms with Crippen molar-refractivity contribution in [1.82, 2.24) is 5.43 Å². The number of hydrogen-bond acceptors (Lipinski definition) is 3. The summed E-state index contributed by atoms with van der Waals surface area (Å²) in [7, 11) is 0. The maximum atomic E-state index is 10.7. The number of carbonyl (C=O) groups excluding carboxylic acids is 1. The third-order valence-electron chi connectivity index (χ3n) is 0.928. The summed E-state index contributed by atoms with van der Waals surface area (Å²) in [6.07, 6.45) is 0. The second kappa shape index (κ2) is 4.56. The molecule has 0 saturated carbocycles. The second-order valence-corrected chi connectivity index (χ2v) is 3.29. The molecule has 0 saturated heterocycles. The SMILES string of the molecule is Cl.NNC(=O)c1ccc(Cl)s1. The molecule has 0 bridgehead atoms. The van der Waals surface area contributed by atoms with Gasteiger partial charge in [0.1, 0.15) is 0 Å². The summed E-state index contributed by atoms with van der Waals surface area (Å²) < 4.78 is 0.582. The smallest absolute Gasteiger partial charge is 0.275 e. The van der Waals surface area contributed by atoms with Crippen molar-refractivity contribution in [3.63, 3.8) is 0 Å².